The standard InChI is InChI=1S/C13H12BrF2N3O2/c1-19-10(9(14)6-18-19)7-17-12(20)8-4-2-3-5-11(8)21-13(15)16/h2-6,13H,7H2,1H3,(H,17,20). The fraction of sp³-hybridized carbons (Fsp3) is 0.231. The molecule has 112 valence electrons. The molecule has 1 heterocycles. The second-order valence-electron chi connectivity index (χ2n) is 4.12. The first-order valence-electron chi connectivity index (χ1n) is 5.97. The third kappa shape index (κ3) is 3.78. The third-order valence-electron chi connectivity index (χ3n) is 2.77. The topological polar surface area (TPSA) is 56.2 Å². The molecule has 21 heavy (non-hydrogen) atoms. The Labute approximate surface area is 128 Å². The van der Waals surface area contributed by atoms with E-state index in [0.29, 0.717) is 0 Å². The minimum Gasteiger partial charge on any atom is -0.434 e. The van der Waals surface area contributed by atoms with Crippen LogP contribution in [0.2, 0.25) is 0 Å². The van der Waals surface area contributed by atoms with E-state index in [4.69, 9.17) is 0 Å². The molecule has 0 saturated heterocycles. The normalized spacial score (nSPS) is 10.7. The summed E-state index contributed by atoms with van der Waals surface area (Å²) in [6.07, 6.45) is 1.61. The molecule has 8 heteroatoms. The van der Waals surface area contributed by atoms with Gasteiger partial charge in [0.1, 0.15) is 5.75 Å². The van der Waals surface area contributed by atoms with Crippen molar-refractivity contribution in [3.05, 3.63) is 46.2 Å². The number of amides is 1. The van der Waals surface area contributed by atoms with Crippen molar-refractivity contribution in [2.24, 2.45) is 7.05 Å². The number of para-hydroxylation sites is 1. The lowest BCUT2D eigenvalue weighted by atomic mass is 10.2. The maximum absolute atomic E-state index is 12.3. The van der Waals surface area contributed by atoms with Crippen molar-refractivity contribution in [1.82, 2.24) is 15.1 Å². The summed E-state index contributed by atoms with van der Waals surface area (Å²) < 4.78 is 31.3. The monoisotopic (exact) mass is 359 g/mol. The van der Waals surface area contributed by atoms with Crippen molar-refractivity contribution in [3.8, 4) is 5.75 Å². The number of ether oxygens (including phenoxy) is 1. The highest BCUT2D eigenvalue weighted by Crippen LogP contribution is 2.20. The highest BCUT2D eigenvalue weighted by atomic mass is 79.9. The molecule has 1 aromatic heterocycles. The number of halogens is 3. The minimum atomic E-state index is -2.98. The van der Waals surface area contributed by atoms with Gasteiger partial charge in [0, 0.05) is 7.05 Å². The quantitative estimate of drug-likeness (QED) is 0.892. The highest BCUT2D eigenvalue weighted by Gasteiger charge is 2.16. The lowest BCUT2D eigenvalue weighted by molar-refractivity contribution is -0.0501. The number of alkyl halides is 2. The van der Waals surface area contributed by atoms with Gasteiger partial charge in [-0.1, -0.05) is 12.1 Å². The van der Waals surface area contributed by atoms with E-state index >= 15 is 0 Å². The lowest BCUT2D eigenvalue weighted by Gasteiger charge is -2.11. The summed E-state index contributed by atoms with van der Waals surface area (Å²) in [4.78, 5) is 12.1. The number of rotatable bonds is 5. The number of hydrogen-bond donors (Lipinski definition) is 1. The van der Waals surface area contributed by atoms with Gasteiger partial charge in [0.2, 0.25) is 0 Å². The van der Waals surface area contributed by atoms with Crippen LogP contribution in [0.15, 0.2) is 34.9 Å². The van der Waals surface area contributed by atoms with Crippen LogP contribution in [0.4, 0.5) is 8.78 Å². The molecule has 0 aliphatic rings. The molecule has 0 aliphatic carbocycles. The molecule has 0 unspecified atom stereocenters. The molecule has 1 amide bonds. The zero-order chi connectivity index (χ0) is 15.4. The van der Waals surface area contributed by atoms with Gasteiger partial charge in [0.25, 0.3) is 5.91 Å². The first-order valence-corrected chi connectivity index (χ1v) is 6.76. The third-order valence-corrected chi connectivity index (χ3v) is 3.44. The fourth-order valence-electron chi connectivity index (χ4n) is 1.75. The summed E-state index contributed by atoms with van der Waals surface area (Å²) in [6.45, 7) is -2.77. The van der Waals surface area contributed by atoms with Gasteiger partial charge < -0.3 is 10.1 Å². The van der Waals surface area contributed by atoms with Crippen molar-refractivity contribution < 1.29 is 18.3 Å². The number of hydrogen-bond acceptors (Lipinski definition) is 3. The maximum atomic E-state index is 12.3. The number of nitrogens with zero attached hydrogens (tertiary/aromatic N) is 2. The molecule has 0 fully saturated rings. The summed E-state index contributed by atoms with van der Waals surface area (Å²) in [5.74, 6) is -0.659. The SMILES string of the molecule is Cn1ncc(Br)c1CNC(=O)c1ccccc1OC(F)F. The Balaban J connectivity index is 2.10. The molecule has 0 atom stereocenters. The molecule has 1 aromatic carbocycles. The number of aromatic nitrogens is 2. The summed E-state index contributed by atoms with van der Waals surface area (Å²) in [5.41, 5.74) is 0.812. The van der Waals surface area contributed by atoms with E-state index in [2.05, 4.69) is 31.1 Å². The summed E-state index contributed by atoms with van der Waals surface area (Å²) in [5, 5.41) is 6.66. The van der Waals surface area contributed by atoms with E-state index in [1.165, 1.54) is 18.2 Å². The van der Waals surface area contributed by atoms with E-state index in [0.717, 1.165) is 10.2 Å². The molecule has 0 spiro atoms. The second-order valence-corrected chi connectivity index (χ2v) is 4.97. The Hall–Kier alpha value is -1.96. The first-order chi connectivity index (χ1) is 9.99. The average Bonchev–Trinajstić information content (AvgIpc) is 2.75. The number of benzene rings is 1. The maximum Gasteiger partial charge on any atom is 0.387 e. The van der Waals surface area contributed by atoms with Crippen LogP contribution in [0.1, 0.15) is 16.1 Å². The Kier molecular flexibility index (Phi) is 4.89. The molecule has 2 aromatic rings. The Morgan fingerprint density at radius 2 is 2.19 bits per heavy atom. The lowest BCUT2D eigenvalue weighted by Crippen LogP contribution is -2.25. The summed E-state index contributed by atoms with van der Waals surface area (Å²) in [7, 11) is 1.74. The van der Waals surface area contributed by atoms with Gasteiger partial charge in [0.15, 0.2) is 0 Å². The minimum absolute atomic E-state index is 0.0519. The molecule has 2 rings (SSSR count). The molecule has 5 nitrogen and oxygen atoms in total. The van der Waals surface area contributed by atoms with Crippen molar-refractivity contribution in [3.63, 3.8) is 0 Å². The zero-order valence-electron chi connectivity index (χ0n) is 11.0. The van der Waals surface area contributed by atoms with Gasteiger partial charge in [0.05, 0.1) is 28.5 Å². The Morgan fingerprint density at radius 3 is 2.81 bits per heavy atom. The summed E-state index contributed by atoms with van der Waals surface area (Å²) >= 11 is 3.31. The van der Waals surface area contributed by atoms with Crippen LogP contribution in [0, 0.1) is 0 Å². The van der Waals surface area contributed by atoms with Crippen molar-refractivity contribution >= 4 is 21.8 Å². The molecule has 0 aliphatic heterocycles. The number of nitrogens with one attached hydrogen (secondary N) is 1. The molecule has 0 radical (unpaired) electrons. The van der Waals surface area contributed by atoms with E-state index in [1.807, 2.05) is 0 Å². The number of carbonyl (C=O) groups is 1. The van der Waals surface area contributed by atoms with Gasteiger partial charge in [-0.25, -0.2) is 0 Å². The zero-order valence-corrected chi connectivity index (χ0v) is 12.6. The molecule has 1 N–H and O–H groups in total. The van der Waals surface area contributed by atoms with Crippen LogP contribution in [-0.4, -0.2) is 22.3 Å². The van der Waals surface area contributed by atoms with Crippen LogP contribution in [0.3, 0.4) is 0 Å². The second kappa shape index (κ2) is 6.66. The number of carbonyl (C=O) groups excluding carboxylic acids is 1. The molecule has 0 bridgehead atoms. The van der Waals surface area contributed by atoms with Gasteiger partial charge in [-0.3, -0.25) is 9.48 Å². The van der Waals surface area contributed by atoms with Crippen LogP contribution in [-0.2, 0) is 13.6 Å². The molecular weight excluding hydrogens is 348 g/mol. The van der Waals surface area contributed by atoms with Gasteiger partial charge in [-0.05, 0) is 28.1 Å². The van der Waals surface area contributed by atoms with Gasteiger partial charge in [-0.2, -0.15) is 13.9 Å². The Bertz CT molecular complexity index is 627. The summed E-state index contributed by atoms with van der Waals surface area (Å²) in [6, 6.07) is 5.84. The number of aryl methyl sites for hydroxylation is 1. The van der Waals surface area contributed by atoms with E-state index in [-0.39, 0.29) is 17.9 Å². The highest BCUT2D eigenvalue weighted by molar-refractivity contribution is 9.10. The van der Waals surface area contributed by atoms with Crippen LogP contribution in [0.25, 0.3) is 0 Å². The van der Waals surface area contributed by atoms with Crippen LogP contribution < -0.4 is 10.1 Å². The van der Waals surface area contributed by atoms with Gasteiger partial charge >= 0.3 is 6.61 Å². The van der Waals surface area contributed by atoms with Crippen LogP contribution >= 0.6 is 15.9 Å². The fourth-order valence-corrected chi connectivity index (χ4v) is 2.24. The van der Waals surface area contributed by atoms with E-state index in [1.54, 1.807) is 24.0 Å². The molecule has 0 saturated carbocycles. The van der Waals surface area contributed by atoms with E-state index in [9.17, 15) is 13.6 Å². The van der Waals surface area contributed by atoms with Crippen LogP contribution in [0.5, 0.6) is 5.75 Å². The largest absolute Gasteiger partial charge is 0.434 e. The Morgan fingerprint density at radius 1 is 1.48 bits per heavy atom. The predicted octanol–water partition coefficient (Wildman–Crippen LogP) is 2.71. The smallest absolute Gasteiger partial charge is 0.387 e. The van der Waals surface area contributed by atoms with Crippen molar-refractivity contribution in [1.29, 1.82) is 0 Å². The van der Waals surface area contributed by atoms with Gasteiger partial charge in [-0.15, -0.1) is 0 Å². The predicted molar refractivity (Wildman–Crippen MR) is 75.2 cm³/mol. The van der Waals surface area contributed by atoms with E-state index < -0.39 is 12.5 Å². The van der Waals surface area contributed by atoms with Crippen molar-refractivity contribution in [2.75, 3.05) is 0 Å². The van der Waals surface area contributed by atoms with Crippen molar-refractivity contribution in [2.45, 2.75) is 13.2 Å². The average molecular weight is 360 g/mol. The first kappa shape index (κ1) is 15.4. The molecular formula is C13H12BrF2N3O2.